The predicted octanol–water partition coefficient (Wildman–Crippen LogP) is 2.31. The minimum absolute atomic E-state index is 0.813. The van der Waals surface area contributed by atoms with Gasteiger partial charge in [0, 0.05) is 31.2 Å². The van der Waals surface area contributed by atoms with E-state index in [9.17, 15) is 0 Å². The van der Waals surface area contributed by atoms with Crippen molar-refractivity contribution in [1.29, 1.82) is 0 Å². The maximum atomic E-state index is 5.73. The van der Waals surface area contributed by atoms with Crippen molar-refractivity contribution >= 4 is 0 Å². The van der Waals surface area contributed by atoms with Gasteiger partial charge in [0.05, 0.1) is 12.8 Å². The van der Waals surface area contributed by atoms with Gasteiger partial charge < -0.3 is 14.6 Å². The van der Waals surface area contributed by atoms with Crippen molar-refractivity contribution in [2.45, 2.75) is 45.3 Å². The van der Waals surface area contributed by atoms with E-state index in [1.165, 1.54) is 44.5 Å². The van der Waals surface area contributed by atoms with E-state index in [0.717, 1.165) is 37.4 Å². The largest absolute Gasteiger partial charge is 0.468 e. The standard InChI is InChI=1S/C17H29N3O/c1-3-18-11-14-7-10-21-17(14)13-20-9-6-16-15(12-20)5-4-8-19(16)2/h7,10,15-16,18H,3-6,8-9,11-13H2,1-2H3. The molecule has 4 nitrogen and oxygen atoms in total. The summed E-state index contributed by atoms with van der Waals surface area (Å²) in [5, 5.41) is 3.39. The van der Waals surface area contributed by atoms with Gasteiger partial charge in [-0.15, -0.1) is 0 Å². The first-order valence-electron chi connectivity index (χ1n) is 8.46. The summed E-state index contributed by atoms with van der Waals surface area (Å²) in [7, 11) is 2.30. The van der Waals surface area contributed by atoms with Crippen molar-refractivity contribution in [2.75, 3.05) is 33.2 Å². The zero-order valence-corrected chi connectivity index (χ0v) is 13.5. The average Bonchev–Trinajstić information content (AvgIpc) is 2.92. The van der Waals surface area contributed by atoms with E-state index in [1.807, 2.05) is 6.26 Å². The molecule has 2 fully saturated rings. The number of hydrogen-bond acceptors (Lipinski definition) is 4. The van der Waals surface area contributed by atoms with Crippen LogP contribution in [0.4, 0.5) is 0 Å². The topological polar surface area (TPSA) is 31.7 Å². The number of hydrogen-bond donors (Lipinski definition) is 1. The Bertz CT molecular complexity index is 445. The molecule has 1 aromatic heterocycles. The molecule has 3 heterocycles. The van der Waals surface area contributed by atoms with Crippen molar-refractivity contribution in [3.8, 4) is 0 Å². The van der Waals surface area contributed by atoms with Crippen LogP contribution >= 0.6 is 0 Å². The smallest absolute Gasteiger partial charge is 0.122 e. The number of piperidine rings is 2. The molecule has 0 aromatic carbocycles. The van der Waals surface area contributed by atoms with Gasteiger partial charge in [0.25, 0.3) is 0 Å². The van der Waals surface area contributed by atoms with Crippen LogP contribution in [0.3, 0.4) is 0 Å². The lowest BCUT2D eigenvalue weighted by atomic mass is 9.84. The molecule has 0 saturated carbocycles. The molecule has 0 amide bonds. The van der Waals surface area contributed by atoms with Gasteiger partial charge in [-0.2, -0.15) is 0 Å². The summed E-state index contributed by atoms with van der Waals surface area (Å²) in [6, 6.07) is 2.92. The highest BCUT2D eigenvalue weighted by atomic mass is 16.3. The molecule has 3 rings (SSSR count). The SMILES string of the molecule is CCNCc1ccoc1CN1CCC2C(CCCN2C)C1. The van der Waals surface area contributed by atoms with E-state index in [0.29, 0.717) is 0 Å². The Kier molecular flexibility index (Phi) is 4.99. The number of likely N-dealkylation sites (tertiary alicyclic amines) is 2. The molecular formula is C17H29N3O. The van der Waals surface area contributed by atoms with E-state index in [4.69, 9.17) is 4.42 Å². The van der Waals surface area contributed by atoms with Crippen LogP contribution in [-0.4, -0.2) is 49.1 Å². The summed E-state index contributed by atoms with van der Waals surface area (Å²) >= 11 is 0. The molecule has 2 atom stereocenters. The number of nitrogens with one attached hydrogen (secondary N) is 1. The highest BCUT2D eigenvalue weighted by Gasteiger charge is 2.34. The Balaban J connectivity index is 1.58. The third-order valence-electron chi connectivity index (χ3n) is 5.20. The first-order chi connectivity index (χ1) is 10.3. The van der Waals surface area contributed by atoms with Crippen LogP contribution in [0.15, 0.2) is 16.7 Å². The summed E-state index contributed by atoms with van der Waals surface area (Å²) < 4.78 is 5.73. The molecule has 118 valence electrons. The third kappa shape index (κ3) is 3.50. The second-order valence-corrected chi connectivity index (χ2v) is 6.62. The van der Waals surface area contributed by atoms with Crippen molar-refractivity contribution < 1.29 is 4.42 Å². The summed E-state index contributed by atoms with van der Waals surface area (Å²) in [5.41, 5.74) is 1.32. The fourth-order valence-corrected chi connectivity index (χ4v) is 4.00. The Morgan fingerprint density at radius 1 is 1.33 bits per heavy atom. The van der Waals surface area contributed by atoms with Gasteiger partial charge in [-0.25, -0.2) is 0 Å². The van der Waals surface area contributed by atoms with E-state index in [1.54, 1.807) is 0 Å². The normalized spacial score (nSPS) is 27.7. The van der Waals surface area contributed by atoms with Crippen molar-refractivity contribution in [1.82, 2.24) is 15.1 Å². The molecule has 0 aliphatic carbocycles. The van der Waals surface area contributed by atoms with Crippen LogP contribution in [0, 0.1) is 5.92 Å². The van der Waals surface area contributed by atoms with E-state index >= 15 is 0 Å². The van der Waals surface area contributed by atoms with Gasteiger partial charge in [-0.1, -0.05) is 6.92 Å². The van der Waals surface area contributed by atoms with E-state index in [2.05, 4.69) is 35.2 Å². The number of fused-ring (bicyclic) bond motifs is 1. The second-order valence-electron chi connectivity index (χ2n) is 6.62. The van der Waals surface area contributed by atoms with Gasteiger partial charge in [0.2, 0.25) is 0 Å². The Morgan fingerprint density at radius 2 is 2.24 bits per heavy atom. The highest BCUT2D eigenvalue weighted by Crippen LogP contribution is 2.30. The average molecular weight is 291 g/mol. The molecule has 21 heavy (non-hydrogen) atoms. The molecule has 0 bridgehead atoms. The monoisotopic (exact) mass is 291 g/mol. The van der Waals surface area contributed by atoms with E-state index < -0.39 is 0 Å². The minimum atomic E-state index is 0.813. The highest BCUT2D eigenvalue weighted by molar-refractivity contribution is 5.17. The molecule has 2 unspecified atom stereocenters. The first kappa shape index (κ1) is 15.1. The number of nitrogens with zero attached hydrogens (tertiary/aromatic N) is 2. The molecule has 2 saturated heterocycles. The van der Waals surface area contributed by atoms with Crippen molar-refractivity contribution in [3.63, 3.8) is 0 Å². The van der Waals surface area contributed by atoms with Crippen LogP contribution in [0.1, 0.15) is 37.5 Å². The van der Waals surface area contributed by atoms with Crippen LogP contribution in [0.5, 0.6) is 0 Å². The Labute approximate surface area is 128 Å². The minimum Gasteiger partial charge on any atom is -0.468 e. The molecule has 0 radical (unpaired) electrons. The summed E-state index contributed by atoms with van der Waals surface area (Å²) in [6.07, 6.45) is 5.90. The van der Waals surface area contributed by atoms with Gasteiger partial charge in [-0.05, 0) is 51.4 Å². The maximum Gasteiger partial charge on any atom is 0.122 e. The fraction of sp³-hybridized carbons (Fsp3) is 0.765. The maximum absolute atomic E-state index is 5.73. The van der Waals surface area contributed by atoms with Gasteiger partial charge in [0.1, 0.15) is 5.76 Å². The van der Waals surface area contributed by atoms with Gasteiger partial charge in [0.15, 0.2) is 0 Å². The zero-order valence-electron chi connectivity index (χ0n) is 13.5. The van der Waals surface area contributed by atoms with Crippen LogP contribution in [-0.2, 0) is 13.1 Å². The zero-order chi connectivity index (χ0) is 14.7. The number of rotatable bonds is 5. The summed E-state index contributed by atoms with van der Waals surface area (Å²) in [6.45, 7) is 8.76. The summed E-state index contributed by atoms with van der Waals surface area (Å²) in [5.74, 6) is 2.00. The Hall–Kier alpha value is -0.840. The molecule has 1 N–H and O–H groups in total. The molecule has 2 aliphatic heterocycles. The predicted molar refractivity (Wildman–Crippen MR) is 85.1 cm³/mol. The fourth-order valence-electron chi connectivity index (χ4n) is 4.00. The quantitative estimate of drug-likeness (QED) is 0.902. The first-order valence-corrected chi connectivity index (χ1v) is 8.46. The lowest BCUT2D eigenvalue weighted by Crippen LogP contribution is -2.52. The van der Waals surface area contributed by atoms with Crippen LogP contribution in [0.2, 0.25) is 0 Å². The number of furan rings is 1. The molecule has 0 spiro atoms. The summed E-state index contributed by atoms with van der Waals surface area (Å²) in [4.78, 5) is 5.17. The molecule has 4 heteroatoms. The molecular weight excluding hydrogens is 262 g/mol. The Morgan fingerprint density at radius 3 is 3.10 bits per heavy atom. The van der Waals surface area contributed by atoms with Crippen molar-refractivity contribution in [3.05, 3.63) is 23.7 Å². The van der Waals surface area contributed by atoms with E-state index in [-0.39, 0.29) is 0 Å². The van der Waals surface area contributed by atoms with Crippen LogP contribution < -0.4 is 5.32 Å². The lowest BCUT2D eigenvalue weighted by Gasteiger charge is -2.45. The van der Waals surface area contributed by atoms with Gasteiger partial charge in [-0.3, -0.25) is 4.90 Å². The van der Waals surface area contributed by atoms with Crippen molar-refractivity contribution in [2.24, 2.45) is 5.92 Å². The molecule has 1 aromatic rings. The second kappa shape index (κ2) is 6.95. The molecule has 2 aliphatic rings. The van der Waals surface area contributed by atoms with Gasteiger partial charge >= 0.3 is 0 Å². The van der Waals surface area contributed by atoms with Crippen LogP contribution in [0.25, 0.3) is 0 Å². The third-order valence-corrected chi connectivity index (χ3v) is 5.20. The lowest BCUT2D eigenvalue weighted by molar-refractivity contribution is 0.0328.